The van der Waals surface area contributed by atoms with Gasteiger partial charge in [0.05, 0.1) is 11.3 Å². The molecule has 1 aliphatic heterocycles. The van der Waals surface area contributed by atoms with Crippen molar-refractivity contribution in [2.24, 2.45) is 0 Å². The molecule has 0 aliphatic carbocycles. The summed E-state index contributed by atoms with van der Waals surface area (Å²) in [4.78, 5) is 29.5. The number of carbonyl (C=O) groups is 2. The Balaban J connectivity index is 1.62. The first-order valence-electron chi connectivity index (χ1n) is 9.79. The molecule has 6 nitrogen and oxygen atoms in total. The van der Waals surface area contributed by atoms with Crippen LogP contribution in [0.25, 0.3) is 0 Å². The molecule has 0 fully saturated rings. The lowest BCUT2D eigenvalue weighted by Crippen LogP contribution is -2.29. The Kier molecular flexibility index (Phi) is 5.14. The average Bonchev–Trinajstić information content (AvgIpc) is 2.87. The summed E-state index contributed by atoms with van der Waals surface area (Å²) in [6.45, 7) is 2.43. The molecule has 3 aromatic carbocycles. The maximum atomic E-state index is 13.2. The van der Waals surface area contributed by atoms with Crippen LogP contribution in [0.15, 0.2) is 66.7 Å². The minimum Gasteiger partial charge on any atom is -0.454 e. The summed E-state index contributed by atoms with van der Waals surface area (Å²) in [6, 6.07) is 19.9. The summed E-state index contributed by atoms with van der Waals surface area (Å²) >= 11 is 0. The number of ether oxygens (including phenoxy) is 1. The molecule has 1 aliphatic rings. The van der Waals surface area contributed by atoms with Crippen LogP contribution in [-0.4, -0.2) is 32.5 Å². The first kappa shape index (κ1) is 19.5. The van der Waals surface area contributed by atoms with Crippen LogP contribution in [0, 0.1) is 0 Å². The third-order valence-electron chi connectivity index (χ3n) is 5.05. The molecule has 0 radical (unpaired) electrons. The number of nitrogens with one attached hydrogen (secondary N) is 1. The van der Waals surface area contributed by atoms with Crippen LogP contribution in [0.4, 0.5) is 17.1 Å². The zero-order valence-electron chi connectivity index (χ0n) is 17.2. The van der Waals surface area contributed by atoms with E-state index in [1.165, 1.54) is 0 Å². The number of carbonyl (C=O) groups excluding carboxylic acids is 2. The molecule has 0 spiro atoms. The lowest BCUT2D eigenvalue weighted by molar-refractivity contribution is 0.0985. The fraction of sp³-hybridized carbons (Fsp3) is 0.167. The van der Waals surface area contributed by atoms with Gasteiger partial charge in [0.15, 0.2) is 5.75 Å². The highest BCUT2D eigenvalue weighted by atomic mass is 16.5. The van der Waals surface area contributed by atoms with Crippen LogP contribution >= 0.6 is 0 Å². The number of fused-ring (bicyclic) bond motifs is 2. The summed E-state index contributed by atoms with van der Waals surface area (Å²) in [5.41, 5.74) is 3.23. The van der Waals surface area contributed by atoms with Crippen molar-refractivity contribution < 1.29 is 14.3 Å². The molecule has 6 heteroatoms. The fourth-order valence-electron chi connectivity index (χ4n) is 3.43. The summed E-state index contributed by atoms with van der Waals surface area (Å²) in [6.07, 6.45) is 0. The van der Waals surface area contributed by atoms with Gasteiger partial charge in [-0.1, -0.05) is 12.1 Å². The number of nitrogens with zero attached hydrogens (tertiary/aromatic N) is 2. The van der Waals surface area contributed by atoms with Crippen LogP contribution in [-0.2, 0) is 0 Å². The van der Waals surface area contributed by atoms with Gasteiger partial charge in [-0.25, -0.2) is 0 Å². The molecule has 0 saturated carbocycles. The van der Waals surface area contributed by atoms with Crippen molar-refractivity contribution in [3.05, 3.63) is 77.9 Å². The standard InChI is InChI=1S/C24H23N3O3/c1-4-27-20-7-5-6-8-22(20)30-21-14-11-17(15-19(21)24(27)29)25-23(28)16-9-12-18(13-10-16)26(2)3/h5-15H,4H2,1-3H3,(H,25,28). The normalized spacial score (nSPS) is 12.4. The minimum absolute atomic E-state index is 0.163. The summed E-state index contributed by atoms with van der Waals surface area (Å²) in [7, 11) is 3.89. The van der Waals surface area contributed by atoms with Crippen LogP contribution in [0.2, 0.25) is 0 Å². The molecule has 2 amide bonds. The number of amides is 2. The predicted octanol–water partition coefficient (Wildman–Crippen LogP) is 4.78. The lowest BCUT2D eigenvalue weighted by Gasteiger charge is -2.19. The van der Waals surface area contributed by atoms with Crippen molar-refractivity contribution in [3.63, 3.8) is 0 Å². The van der Waals surface area contributed by atoms with E-state index in [1.54, 1.807) is 35.2 Å². The summed E-state index contributed by atoms with van der Waals surface area (Å²) in [5.74, 6) is 0.697. The van der Waals surface area contributed by atoms with Crippen LogP contribution < -0.4 is 19.9 Å². The molecule has 0 bridgehead atoms. The van der Waals surface area contributed by atoms with Crippen LogP contribution in [0.5, 0.6) is 11.5 Å². The van der Waals surface area contributed by atoms with Crippen molar-refractivity contribution >= 4 is 28.9 Å². The first-order chi connectivity index (χ1) is 14.5. The van der Waals surface area contributed by atoms with E-state index in [4.69, 9.17) is 4.74 Å². The number of para-hydroxylation sites is 2. The molecule has 152 valence electrons. The maximum absolute atomic E-state index is 13.2. The quantitative estimate of drug-likeness (QED) is 0.684. The fourth-order valence-corrected chi connectivity index (χ4v) is 3.43. The number of anilines is 3. The molecule has 0 saturated heterocycles. The molecular formula is C24H23N3O3. The number of rotatable bonds is 4. The van der Waals surface area contributed by atoms with E-state index in [0.717, 1.165) is 11.4 Å². The van der Waals surface area contributed by atoms with Crippen molar-refractivity contribution in [2.75, 3.05) is 35.8 Å². The van der Waals surface area contributed by atoms with Gasteiger partial charge < -0.3 is 19.9 Å². The van der Waals surface area contributed by atoms with E-state index in [1.807, 2.05) is 62.3 Å². The monoisotopic (exact) mass is 401 g/mol. The second-order valence-corrected chi connectivity index (χ2v) is 7.23. The zero-order chi connectivity index (χ0) is 21.3. The van der Waals surface area contributed by atoms with Gasteiger partial charge in [-0.3, -0.25) is 9.59 Å². The van der Waals surface area contributed by atoms with Crippen LogP contribution in [0.3, 0.4) is 0 Å². The molecule has 0 aromatic heterocycles. The molecule has 0 unspecified atom stereocenters. The van der Waals surface area contributed by atoms with Crippen molar-refractivity contribution in [1.29, 1.82) is 0 Å². The molecular weight excluding hydrogens is 378 g/mol. The Bertz CT molecular complexity index is 1110. The van der Waals surface area contributed by atoms with Gasteiger partial charge in [0.2, 0.25) is 0 Å². The van der Waals surface area contributed by atoms with E-state index in [2.05, 4.69) is 5.32 Å². The average molecular weight is 401 g/mol. The Hall–Kier alpha value is -3.80. The van der Waals surface area contributed by atoms with Crippen molar-refractivity contribution in [2.45, 2.75) is 6.92 Å². The van der Waals surface area contributed by atoms with Gasteiger partial charge in [-0.05, 0) is 61.5 Å². The Labute approximate surface area is 175 Å². The van der Waals surface area contributed by atoms with Crippen molar-refractivity contribution in [3.8, 4) is 11.5 Å². The van der Waals surface area contributed by atoms with E-state index in [0.29, 0.717) is 34.9 Å². The van der Waals surface area contributed by atoms with Crippen LogP contribution in [0.1, 0.15) is 27.6 Å². The van der Waals surface area contributed by atoms with Gasteiger partial charge >= 0.3 is 0 Å². The summed E-state index contributed by atoms with van der Waals surface area (Å²) < 4.78 is 6.01. The van der Waals surface area contributed by atoms with Crippen molar-refractivity contribution in [1.82, 2.24) is 0 Å². The largest absolute Gasteiger partial charge is 0.454 e. The van der Waals surface area contributed by atoms with Gasteiger partial charge in [0.25, 0.3) is 11.8 Å². The number of hydrogen-bond donors (Lipinski definition) is 1. The highest BCUT2D eigenvalue weighted by Crippen LogP contribution is 2.39. The van der Waals surface area contributed by atoms with E-state index >= 15 is 0 Å². The highest BCUT2D eigenvalue weighted by molar-refractivity contribution is 6.11. The smallest absolute Gasteiger partial charge is 0.262 e. The van der Waals surface area contributed by atoms with Gasteiger partial charge in [0.1, 0.15) is 5.75 Å². The number of hydrogen-bond acceptors (Lipinski definition) is 4. The van der Waals surface area contributed by atoms with Gasteiger partial charge in [-0.2, -0.15) is 0 Å². The molecule has 30 heavy (non-hydrogen) atoms. The second-order valence-electron chi connectivity index (χ2n) is 7.23. The first-order valence-corrected chi connectivity index (χ1v) is 9.79. The van der Waals surface area contributed by atoms with Gasteiger partial charge in [-0.15, -0.1) is 0 Å². The third-order valence-corrected chi connectivity index (χ3v) is 5.05. The SMILES string of the molecule is CCN1C(=O)c2cc(NC(=O)c3ccc(N(C)C)cc3)ccc2Oc2ccccc21. The summed E-state index contributed by atoms with van der Waals surface area (Å²) in [5, 5.41) is 2.87. The molecule has 4 rings (SSSR count). The highest BCUT2D eigenvalue weighted by Gasteiger charge is 2.27. The van der Waals surface area contributed by atoms with Gasteiger partial charge in [0, 0.05) is 37.6 Å². The van der Waals surface area contributed by atoms with E-state index in [9.17, 15) is 9.59 Å². The van der Waals surface area contributed by atoms with E-state index < -0.39 is 0 Å². The predicted molar refractivity (Wildman–Crippen MR) is 119 cm³/mol. The second kappa shape index (κ2) is 7.91. The molecule has 1 N–H and O–H groups in total. The Morgan fingerprint density at radius 2 is 1.73 bits per heavy atom. The maximum Gasteiger partial charge on any atom is 0.262 e. The number of benzene rings is 3. The Morgan fingerprint density at radius 3 is 2.43 bits per heavy atom. The topological polar surface area (TPSA) is 61.9 Å². The molecule has 1 heterocycles. The molecule has 0 atom stereocenters. The molecule has 3 aromatic rings. The minimum atomic E-state index is -0.238. The zero-order valence-corrected chi connectivity index (χ0v) is 17.2. The third kappa shape index (κ3) is 3.59. The lowest BCUT2D eigenvalue weighted by atomic mass is 10.1. The van der Waals surface area contributed by atoms with E-state index in [-0.39, 0.29) is 11.8 Å². The Morgan fingerprint density at radius 1 is 1.00 bits per heavy atom.